The van der Waals surface area contributed by atoms with Crippen LogP contribution in [0.2, 0.25) is 5.02 Å². The maximum atomic E-state index is 13.1. The van der Waals surface area contributed by atoms with Crippen LogP contribution in [0.5, 0.6) is 5.75 Å². The second kappa shape index (κ2) is 6.36. The molecule has 0 saturated heterocycles. The van der Waals surface area contributed by atoms with Gasteiger partial charge in [-0.3, -0.25) is 0 Å². The van der Waals surface area contributed by atoms with Crippen molar-refractivity contribution in [3.63, 3.8) is 0 Å². The molecular weight excluding hydrogens is 281 g/mol. The molecule has 0 bridgehead atoms. The summed E-state index contributed by atoms with van der Waals surface area (Å²) in [7, 11) is -3.53. The highest BCUT2D eigenvalue weighted by Gasteiger charge is 2.15. The van der Waals surface area contributed by atoms with Gasteiger partial charge in [-0.15, -0.1) is 0 Å². The third kappa shape index (κ3) is 5.20. The first kappa shape index (κ1) is 15.2. The Kier molecular flexibility index (Phi) is 5.37. The van der Waals surface area contributed by atoms with E-state index in [9.17, 15) is 12.8 Å². The molecule has 0 amide bonds. The van der Waals surface area contributed by atoms with Crippen LogP contribution in [0.4, 0.5) is 4.39 Å². The highest BCUT2D eigenvalue weighted by atomic mass is 35.5. The quantitative estimate of drug-likeness (QED) is 0.874. The molecule has 4 nitrogen and oxygen atoms in total. The molecule has 0 heterocycles. The lowest BCUT2D eigenvalue weighted by Crippen LogP contribution is -2.26. The number of hydrogen-bond donors (Lipinski definition) is 1. The predicted octanol–water partition coefficient (Wildman–Crippen LogP) is 2.17. The van der Waals surface area contributed by atoms with Gasteiger partial charge in [0.15, 0.2) is 0 Å². The van der Waals surface area contributed by atoms with Crippen molar-refractivity contribution in [1.29, 1.82) is 0 Å². The van der Waals surface area contributed by atoms with E-state index in [1.807, 2.05) is 6.92 Å². The summed E-state index contributed by atoms with van der Waals surface area (Å²) >= 11 is 5.53. The molecule has 102 valence electrons. The molecule has 1 unspecified atom stereocenters. The van der Waals surface area contributed by atoms with Crippen LogP contribution in [0.15, 0.2) is 18.2 Å². The molecule has 0 aliphatic carbocycles. The van der Waals surface area contributed by atoms with E-state index >= 15 is 0 Å². The molecule has 18 heavy (non-hydrogen) atoms. The van der Waals surface area contributed by atoms with E-state index in [1.54, 1.807) is 0 Å². The van der Waals surface area contributed by atoms with Crippen LogP contribution in [0.25, 0.3) is 0 Å². The van der Waals surface area contributed by atoms with Crippen molar-refractivity contribution in [2.45, 2.75) is 13.3 Å². The van der Waals surface area contributed by atoms with Crippen molar-refractivity contribution < 1.29 is 17.5 Å². The lowest BCUT2D eigenvalue weighted by molar-refractivity contribution is 0.256. The van der Waals surface area contributed by atoms with E-state index in [0.717, 1.165) is 6.07 Å². The summed E-state index contributed by atoms with van der Waals surface area (Å²) in [5, 5.41) is 4.98. The molecule has 0 saturated carbocycles. The summed E-state index contributed by atoms with van der Waals surface area (Å²) in [6, 6.07) is 4.06. The number of primary sulfonamides is 1. The van der Waals surface area contributed by atoms with Crippen LogP contribution in [-0.4, -0.2) is 20.8 Å². The van der Waals surface area contributed by atoms with Gasteiger partial charge in [-0.25, -0.2) is 17.9 Å². The van der Waals surface area contributed by atoms with Gasteiger partial charge >= 0.3 is 0 Å². The second-order valence-electron chi connectivity index (χ2n) is 3.99. The van der Waals surface area contributed by atoms with E-state index < -0.39 is 15.8 Å². The van der Waals surface area contributed by atoms with E-state index in [1.165, 1.54) is 12.1 Å². The average molecular weight is 296 g/mol. The molecule has 1 aromatic rings. The zero-order chi connectivity index (χ0) is 13.8. The second-order valence-corrected chi connectivity index (χ2v) is 6.06. The van der Waals surface area contributed by atoms with Gasteiger partial charge in [0, 0.05) is 12.0 Å². The van der Waals surface area contributed by atoms with Gasteiger partial charge in [-0.05, 0) is 18.6 Å². The molecule has 1 rings (SSSR count). The van der Waals surface area contributed by atoms with Gasteiger partial charge in [0.1, 0.15) is 11.6 Å². The SMILES string of the molecule is CCC(COc1ccc(Cl)c(F)c1)CS(N)(=O)=O. The Morgan fingerprint density at radius 2 is 2.17 bits per heavy atom. The molecule has 0 fully saturated rings. The van der Waals surface area contributed by atoms with E-state index in [-0.39, 0.29) is 23.3 Å². The molecule has 0 aromatic heterocycles. The summed E-state index contributed by atoms with van der Waals surface area (Å²) in [5.74, 6) is -0.642. The first-order valence-electron chi connectivity index (χ1n) is 5.40. The van der Waals surface area contributed by atoms with Gasteiger partial charge < -0.3 is 4.74 Å². The standard InChI is InChI=1S/C11H15ClFNO3S/c1-2-8(7-18(14,15)16)6-17-9-3-4-10(12)11(13)5-9/h3-5,8H,2,6-7H2,1H3,(H2,14,15,16). The average Bonchev–Trinajstić information content (AvgIpc) is 2.27. The predicted molar refractivity (Wildman–Crippen MR) is 68.7 cm³/mol. The minimum atomic E-state index is -3.53. The molecular formula is C11H15ClFNO3S. The van der Waals surface area contributed by atoms with Crippen molar-refractivity contribution in [2.24, 2.45) is 11.1 Å². The van der Waals surface area contributed by atoms with Gasteiger partial charge in [0.2, 0.25) is 10.0 Å². The Morgan fingerprint density at radius 1 is 1.50 bits per heavy atom. The van der Waals surface area contributed by atoms with Crippen LogP contribution in [0.3, 0.4) is 0 Å². The summed E-state index contributed by atoms with van der Waals surface area (Å²) in [5.41, 5.74) is 0. The van der Waals surface area contributed by atoms with Crippen molar-refractivity contribution >= 4 is 21.6 Å². The fourth-order valence-electron chi connectivity index (χ4n) is 1.39. The van der Waals surface area contributed by atoms with Gasteiger partial charge in [-0.2, -0.15) is 0 Å². The third-order valence-electron chi connectivity index (χ3n) is 2.42. The largest absolute Gasteiger partial charge is 0.493 e. The van der Waals surface area contributed by atoms with Gasteiger partial charge in [0.25, 0.3) is 0 Å². The highest BCUT2D eigenvalue weighted by molar-refractivity contribution is 7.89. The van der Waals surface area contributed by atoms with Crippen LogP contribution in [-0.2, 0) is 10.0 Å². The molecule has 1 aromatic carbocycles. The maximum absolute atomic E-state index is 13.1. The third-order valence-corrected chi connectivity index (χ3v) is 3.66. The number of hydrogen-bond acceptors (Lipinski definition) is 3. The summed E-state index contributed by atoms with van der Waals surface area (Å²) in [6.07, 6.45) is 0.604. The number of rotatable bonds is 6. The lowest BCUT2D eigenvalue weighted by Gasteiger charge is -2.14. The Hall–Kier alpha value is -0.850. The Labute approximate surface area is 111 Å². The maximum Gasteiger partial charge on any atom is 0.209 e. The Balaban J connectivity index is 2.60. The van der Waals surface area contributed by atoms with Crippen molar-refractivity contribution in [3.8, 4) is 5.75 Å². The van der Waals surface area contributed by atoms with Crippen LogP contribution >= 0.6 is 11.6 Å². The van der Waals surface area contributed by atoms with E-state index in [0.29, 0.717) is 12.2 Å². The first-order chi connectivity index (χ1) is 8.31. The topological polar surface area (TPSA) is 69.4 Å². The Bertz CT molecular complexity index is 507. The zero-order valence-electron chi connectivity index (χ0n) is 9.90. The van der Waals surface area contributed by atoms with Crippen molar-refractivity contribution in [3.05, 3.63) is 29.0 Å². The molecule has 2 N–H and O–H groups in total. The van der Waals surface area contributed by atoms with Gasteiger partial charge in [-0.1, -0.05) is 18.5 Å². The summed E-state index contributed by atoms with van der Waals surface area (Å²) in [6.45, 7) is 2.00. The number of sulfonamides is 1. The number of halogens is 2. The lowest BCUT2D eigenvalue weighted by atomic mass is 10.1. The zero-order valence-corrected chi connectivity index (χ0v) is 11.5. The first-order valence-corrected chi connectivity index (χ1v) is 7.49. The minimum Gasteiger partial charge on any atom is -0.493 e. The van der Waals surface area contributed by atoms with Crippen molar-refractivity contribution in [2.75, 3.05) is 12.4 Å². The highest BCUT2D eigenvalue weighted by Crippen LogP contribution is 2.21. The molecule has 1 atom stereocenters. The van der Waals surface area contributed by atoms with Gasteiger partial charge in [0.05, 0.1) is 17.4 Å². The smallest absolute Gasteiger partial charge is 0.209 e. The fourth-order valence-corrected chi connectivity index (χ4v) is 2.50. The molecule has 7 heteroatoms. The number of benzene rings is 1. The van der Waals surface area contributed by atoms with E-state index in [4.69, 9.17) is 21.5 Å². The number of nitrogens with two attached hydrogens (primary N) is 1. The normalized spacial score (nSPS) is 13.3. The van der Waals surface area contributed by atoms with Crippen LogP contribution in [0, 0.1) is 11.7 Å². The minimum absolute atomic E-state index is 0.0129. The molecule has 0 spiro atoms. The fraction of sp³-hybridized carbons (Fsp3) is 0.455. The van der Waals surface area contributed by atoms with Crippen LogP contribution in [0.1, 0.15) is 13.3 Å². The molecule has 0 radical (unpaired) electrons. The monoisotopic (exact) mass is 295 g/mol. The summed E-state index contributed by atoms with van der Waals surface area (Å²) in [4.78, 5) is 0. The van der Waals surface area contributed by atoms with Crippen molar-refractivity contribution in [1.82, 2.24) is 0 Å². The van der Waals surface area contributed by atoms with Crippen LogP contribution < -0.4 is 9.88 Å². The number of ether oxygens (including phenoxy) is 1. The summed E-state index contributed by atoms with van der Waals surface area (Å²) < 4.78 is 40.4. The van der Waals surface area contributed by atoms with E-state index in [2.05, 4.69) is 0 Å². The molecule has 0 aliphatic heterocycles. The molecule has 0 aliphatic rings. The Morgan fingerprint density at radius 3 is 2.67 bits per heavy atom.